The second-order valence-electron chi connectivity index (χ2n) is 14.1. The van der Waals surface area contributed by atoms with Gasteiger partial charge in [0.25, 0.3) is 0 Å². The first kappa shape index (κ1) is 33.2. The van der Waals surface area contributed by atoms with Crippen LogP contribution in [0.3, 0.4) is 0 Å². The smallest absolute Gasteiger partial charge is 0.0562 e. The first-order chi connectivity index (χ1) is 27.8. The molecule has 0 radical (unpaired) electrons. The minimum atomic E-state index is 1.08. The zero-order chi connectivity index (χ0) is 37.3. The van der Waals surface area contributed by atoms with E-state index in [-0.39, 0.29) is 0 Å². The van der Waals surface area contributed by atoms with E-state index in [1.165, 1.54) is 55.2 Å². The van der Waals surface area contributed by atoms with E-state index in [1.54, 1.807) is 0 Å². The largest absolute Gasteiger partial charge is 0.310 e. The van der Waals surface area contributed by atoms with E-state index in [1.807, 2.05) is 0 Å². The van der Waals surface area contributed by atoms with Gasteiger partial charge in [0.1, 0.15) is 0 Å². The van der Waals surface area contributed by atoms with Gasteiger partial charge in [0.2, 0.25) is 0 Å². The third-order valence-electron chi connectivity index (χ3n) is 10.8. The maximum atomic E-state index is 2.45. The molecule has 9 aromatic carbocycles. The van der Waals surface area contributed by atoms with Gasteiger partial charge in [-0.05, 0) is 75.8 Å². The zero-order valence-corrected chi connectivity index (χ0v) is 30.8. The van der Waals surface area contributed by atoms with Crippen molar-refractivity contribution >= 4 is 38.9 Å². The topological polar surface area (TPSA) is 8.17 Å². The SMILES string of the molecule is c1ccc(-c2ccc(N(c3ccc4c5ccccc5n(-c5ccccc5-c5ccccc5)c4c3)c3ccccc3-c3ccccc3)cc2-c2ccccc2)cc1. The van der Waals surface area contributed by atoms with Crippen molar-refractivity contribution in [3.63, 3.8) is 0 Å². The summed E-state index contributed by atoms with van der Waals surface area (Å²) in [4.78, 5) is 2.44. The van der Waals surface area contributed by atoms with Crippen LogP contribution in [0, 0.1) is 0 Å². The van der Waals surface area contributed by atoms with Crippen LogP contribution in [0.1, 0.15) is 0 Å². The molecule has 0 N–H and O–H groups in total. The van der Waals surface area contributed by atoms with Crippen LogP contribution in [-0.2, 0) is 0 Å². The summed E-state index contributed by atoms with van der Waals surface area (Å²) in [6.45, 7) is 0. The molecule has 0 spiro atoms. The number of rotatable bonds is 8. The molecule has 0 bridgehead atoms. The van der Waals surface area contributed by atoms with Gasteiger partial charge in [-0.3, -0.25) is 0 Å². The Balaban J connectivity index is 1.26. The highest BCUT2D eigenvalue weighted by Crippen LogP contribution is 2.46. The fourth-order valence-corrected chi connectivity index (χ4v) is 8.24. The molecule has 0 aliphatic heterocycles. The molecule has 264 valence electrons. The summed E-state index contributed by atoms with van der Waals surface area (Å²) in [5, 5.41) is 2.44. The first-order valence-corrected chi connectivity index (χ1v) is 19.2. The molecule has 0 saturated heterocycles. The summed E-state index contributed by atoms with van der Waals surface area (Å²) in [5.41, 5.74) is 16.2. The molecular weight excluding hydrogens is 677 g/mol. The van der Waals surface area contributed by atoms with E-state index in [4.69, 9.17) is 0 Å². The normalized spacial score (nSPS) is 11.2. The minimum absolute atomic E-state index is 1.08. The van der Waals surface area contributed by atoms with Crippen LogP contribution >= 0.6 is 0 Å². The van der Waals surface area contributed by atoms with Crippen LogP contribution < -0.4 is 4.90 Å². The van der Waals surface area contributed by atoms with Gasteiger partial charge >= 0.3 is 0 Å². The first-order valence-electron chi connectivity index (χ1n) is 19.2. The molecule has 0 amide bonds. The van der Waals surface area contributed by atoms with Crippen molar-refractivity contribution < 1.29 is 0 Å². The van der Waals surface area contributed by atoms with E-state index >= 15 is 0 Å². The van der Waals surface area contributed by atoms with Crippen molar-refractivity contribution in [3.05, 3.63) is 231 Å². The molecular formula is C54H38N2. The molecule has 0 saturated carbocycles. The lowest BCUT2D eigenvalue weighted by molar-refractivity contribution is 1.18. The summed E-state index contributed by atoms with van der Waals surface area (Å²) < 4.78 is 2.45. The third kappa shape index (κ3) is 5.95. The molecule has 2 nitrogen and oxygen atoms in total. The Morgan fingerprint density at radius 2 is 0.750 bits per heavy atom. The van der Waals surface area contributed by atoms with E-state index in [2.05, 4.69) is 240 Å². The van der Waals surface area contributed by atoms with Crippen molar-refractivity contribution in [1.29, 1.82) is 0 Å². The quantitative estimate of drug-likeness (QED) is 0.152. The Morgan fingerprint density at radius 1 is 0.286 bits per heavy atom. The Kier molecular flexibility index (Phi) is 8.55. The summed E-state index contributed by atoms with van der Waals surface area (Å²) in [6.07, 6.45) is 0. The highest BCUT2D eigenvalue weighted by molar-refractivity contribution is 6.11. The maximum absolute atomic E-state index is 2.45. The fraction of sp³-hybridized carbons (Fsp3) is 0. The number of anilines is 3. The Hall–Kier alpha value is -7.42. The van der Waals surface area contributed by atoms with Crippen molar-refractivity contribution in [2.45, 2.75) is 0 Å². The predicted molar refractivity (Wildman–Crippen MR) is 237 cm³/mol. The fourth-order valence-electron chi connectivity index (χ4n) is 8.24. The molecule has 1 aromatic heterocycles. The van der Waals surface area contributed by atoms with Gasteiger partial charge in [-0.1, -0.05) is 188 Å². The Labute approximate surface area is 327 Å². The highest BCUT2D eigenvalue weighted by Gasteiger charge is 2.22. The molecule has 0 aliphatic rings. The van der Waals surface area contributed by atoms with E-state index < -0.39 is 0 Å². The van der Waals surface area contributed by atoms with Crippen LogP contribution in [0.25, 0.3) is 72.0 Å². The molecule has 0 unspecified atom stereocenters. The molecule has 0 aliphatic carbocycles. The van der Waals surface area contributed by atoms with Gasteiger partial charge in [0.15, 0.2) is 0 Å². The number of hydrogen-bond acceptors (Lipinski definition) is 1. The summed E-state index contributed by atoms with van der Waals surface area (Å²) in [5.74, 6) is 0. The van der Waals surface area contributed by atoms with Gasteiger partial charge in [-0.15, -0.1) is 0 Å². The lowest BCUT2D eigenvalue weighted by atomic mass is 9.93. The van der Waals surface area contributed by atoms with Crippen LogP contribution in [0.4, 0.5) is 17.1 Å². The average Bonchev–Trinajstić information content (AvgIpc) is 3.61. The zero-order valence-electron chi connectivity index (χ0n) is 30.8. The molecule has 2 heteroatoms. The number of benzene rings is 9. The van der Waals surface area contributed by atoms with Crippen molar-refractivity contribution in [3.8, 4) is 50.2 Å². The van der Waals surface area contributed by atoms with Gasteiger partial charge in [-0.25, -0.2) is 0 Å². The monoisotopic (exact) mass is 714 g/mol. The second kappa shape index (κ2) is 14.4. The summed E-state index contributed by atoms with van der Waals surface area (Å²) in [7, 11) is 0. The second-order valence-corrected chi connectivity index (χ2v) is 14.1. The lowest BCUT2D eigenvalue weighted by Gasteiger charge is -2.29. The van der Waals surface area contributed by atoms with Crippen LogP contribution in [0.2, 0.25) is 0 Å². The predicted octanol–water partition coefficient (Wildman–Crippen LogP) is 14.9. The summed E-state index contributed by atoms with van der Waals surface area (Å²) in [6, 6.07) is 83.1. The molecule has 10 aromatic rings. The summed E-state index contributed by atoms with van der Waals surface area (Å²) >= 11 is 0. The number of para-hydroxylation sites is 3. The number of hydrogen-bond donors (Lipinski definition) is 0. The van der Waals surface area contributed by atoms with E-state index in [9.17, 15) is 0 Å². The molecule has 56 heavy (non-hydrogen) atoms. The number of fused-ring (bicyclic) bond motifs is 3. The number of aromatic nitrogens is 1. The van der Waals surface area contributed by atoms with E-state index in [0.29, 0.717) is 0 Å². The molecule has 1 heterocycles. The van der Waals surface area contributed by atoms with Crippen LogP contribution in [0.5, 0.6) is 0 Å². The van der Waals surface area contributed by atoms with Crippen molar-refractivity contribution in [2.24, 2.45) is 0 Å². The Morgan fingerprint density at radius 3 is 1.43 bits per heavy atom. The van der Waals surface area contributed by atoms with Gasteiger partial charge in [-0.2, -0.15) is 0 Å². The van der Waals surface area contributed by atoms with Gasteiger partial charge in [0.05, 0.1) is 22.4 Å². The molecule has 0 fully saturated rings. The third-order valence-corrected chi connectivity index (χ3v) is 10.8. The Bertz CT molecular complexity index is 2950. The van der Waals surface area contributed by atoms with Crippen molar-refractivity contribution in [2.75, 3.05) is 4.90 Å². The van der Waals surface area contributed by atoms with Gasteiger partial charge < -0.3 is 9.47 Å². The van der Waals surface area contributed by atoms with Crippen LogP contribution in [0.15, 0.2) is 231 Å². The number of nitrogens with zero attached hydrogens (tertiary/aromatic N) is 2. The molecule has 0 atom stereocenters. The minimum Gasteiger partial charge on any atom is -0.310 e. The molecule has 10 rings (SSSR count). The van der Waals surface area contributed by atoms with Crippen LogP contribution in [-0.4, -0.2) is 4.57 Å². The lowest BCUT2D eigenvalue weighted by Crippen LogP contribution is -2.12. The van der Waals surface area contributed by atoms with Crippen molar-refractivity contribution in [1.82, 2.24) is 4.57 Å². The average molecular weight is 715 g/mol. The standard InChI is InChI=1S/C54H38N2/c1-5-19-39(20-6-1)45-35-33-43(37-50(45)42-25-11-4-12-26-42)55(51-30-16-13-27-46(51)40-21-7-2-8-22-40)44-34-36-49-48-29-15-18-32-53(48)56(54(49)38-44)52-31-17-14-28-47(52)41-23-9-3-10-24-41/h1-38H. The maximum Gasteiger partial charge on any atom is 0.0562 e. The highest BCUT2D eigenvalue weighted by atomic mass is 15.1. The van der Waals surface area contributed by atoms with Gasteiger partial charge in [0, 0.05) is 33.3 Å². The van der Waals surface area contributed by atoms with E-state index in [0.717, 1.165) is 33.8 Å².